The van der Waals surface area contributed by atoms with Crippen LogP contribution in [0.1, 0.15) is 37.5 Å². The molecule has 0 spiro atoms. The van der Waals surface area contributed by atoms with Gasteiger partial charge in [-0.1, -0.05) is 26.0 Å². The van der Waals surface area contributed by atoms with Crippen molar-refractivity contribution in [3.63, 3.8) is 0 Å². The van der Waals surface area contributed by atoms with Gasteiger partial charge in [-0.3, -0.25) is 0 Å². The maximum atomic E-state index is 4.70. The van der Waals surface area contributed by atoms with Gasteiger partial charge in [0.25, 0.3) is 0 Å². The highest BCUT2D eigenvalue weighted by molar-refractivity contribution is 7.18. The van der Waals surface area contributed by atoms with Crippen molar-refractivity contribution >= 4 is 33.5 Å². The molecule has 1 atom stereocenters. The second-order valence-corrected chi connectivity index (χ2v) is 7.81. The first-order valence-corrected chi connectivity index (χ1v) is 9.28. The van der Waals surface area contributed by atoms with E-state index < -0.39 is 0 Å². The van der Waals surface area contributed by atoms with Gasteiger partial charge in [-0.15, -0.1) is 11.3 Å². The van der Waals surface area contributed by atoms with Crippen LogP contribution in [0.25, 0.3) is 10.2 Å². The highest BCUT2D eigenvalue weighted by atomic mass is 32.1. The normalized spacial score (nSPS) is 12.6. The quantitative estimate of drug-likeness (QED) is 0.726. The van der Waals surface area contributed by atoms with E-state index in [0.717, 1.165) is 22.8 Å². The van der Waals surface area contributed by atoms with E-state index in [1.807, 2.05) is 31.1 Å². The Hall–Kier alpha value is -2.28. The molecule has 2 heterocycles. The second-order valence-electron chi connectivity index (χ2n) is 6.69. The van der Waals surface area contributed by atoms with Crippen molar-refractivity contribution in [2.24, 2.45) is 0 Å². The lowest BCUT2D eigenvalue weighted by Gasteiger charge is -2.17. The minimum Gasteiger partial charge on any atom is -0.351 e. The molecule has 6 nitrogen and oxygen atoms in total. The average Bonchev–Trinajstić information content (AvgIpc) is 2.96. The fraction of sp³-hybridized carbons (Fsp3) is 0.444. The molecule has 1 aromatic carbocycles. The topological polar surface area (TPSA) is 66.8 Å². The monoisotopic (exact) mass is 356 g/mol. The summed E-state index contributed by atoms with van der Waals surface area (Å²) in [6.45, 7) is 6.30. The standard InChI is InChI=1S/C18H24N6S/c1-11(2)16-21-17(23-18(22-16)24(4)5)19-12(3)10-15-20-13-8-6-7-9-14(13)25-15/h6-9,11-12H,10H2,1-5H3,(H,19,21,22,23). The molecule has 0 aliphatic heterocycles. The molecule has 0 aliphatic rings. The third-order valence-corrected chi connectivity index (χ3v) is 4.81. The Bertz CT molecular complexity index is 798. The van der Waals surface area contributed by atoms with Gasteiger partial charge in [0.05, 0.1) is 15.2 Å². The van der Waals surface area contributed by atoms with Crippen LogP contribution in [-0.2, 0) is 6.42 Å². The lowest BCUT2D eigenvalue weighted by Crippen LogP contribution is -2.22. The first kappa shape index (κ1) is 17.5. The van der Waals surface area contributed by atoms with Gasteiger partial charge in [0.1, 0.15) is 5.82 Å². The summed E-state index contributed by atoms with van der Waals surface area (Å²) in [4.78, 5) is 20.2. The Morgan fingerprint density at radius 2 is 1.80 bits per heavy atom. The van der Waals surface area contributed by atoms with E-state index in [4.69, 9.17) is 4.98 Å². The van der Waals surface area contributed by atoms with E-state index in [1.165, 1.54) is 4.70 Å². The molecule has 1 N–H and O–H groups in total. The molecular formula is C18H24N6S. The van der Waals surface area contributed by atoms with Crippen LogP contribution >= 0.6 is 11.3 Å². The number of benzene rings is 1. The van der Waals surface area contributed by atoms with E-state index in [-0.39, 0.29) is 12.0 Å². The lowest BCUT2D eigenvalue weighted by molar-refractivity contribution is 0.732. The molecule has 1 unspecified atom stereocenters. The summed E-state index contributed by atoms with van der Waals surface area (Å²) in [5.41, 5.74) is 1.06. The van der Waals surface area contributed by atoms with Gasteiger partial charge in [-0.2, -0.15) is 15.0 Å². The van der Waals surface area contributed by atoms with Crippen LogP contribution in [0.15, 0.2) is 24.3 Å². The fourth-order valence-electron chi connectivity index (χ4n) is 2.44. The summed E-state index contributed by atoms with van der Waals surface area (Å²) in [7, 11) is 3.88. The molecule has 2 aromatic heterocycles. The molecule has 0 aliphatic carbocycles. The van der Waals surface area contributed by atoms with Gasteiger partial charge in [-0.25, -0.2) is 4.98 Å². The Kier molecular flexibility index (Phi) is 5.13. The number of rotatable bonds is 6. The molecule has 0 radical (unpaired) electrons. The number of thiazole rings is 1. The highest BCUT2D eigenvalue weighted by Gasteiger charge is 2.14. The van der Waals surface area contributed by atoms with Crippen LogP contribution in [0.3, 0.4) is 0 Å². The van der Waals surface area contributed by atoms with Crippen LogP contribution < -0.4 is 10.2 Å². The molecular weight excluding hydrogens is 332 g/mol. The molecule has 0 saturated carbocycles. The first-order chi connectivity index (χ1) is 11.9. The van der Waals surface area contributed by atoms with Gasteiger partial charge in [0, 0.05) is 32.5 Å². The largest absolute Gasteiger partial charge is 0.351 e. The van der Waals surface area contributed by atoms with Crippen molar-refractivity contribution in [1.82, 2.24) is 19.9 Å². The summed E-state index contributed by atoms with van der Waals surface area (Å²) < 4.78 is 1.22. The van der Waals surface area contributed by atoms with Crippen LogP contribution in [0.5, 0.6) is 0 Å². The third kappa shape index (κ3) is 4.22. The summed E-state index contributed by atoms with van der Waals surface area (Å²) in [6, 6.07) is 8.41. The van der Waals surface area contributed by atoms with Crippen LogP contribution in [0.2, 0.25) is 0 Å². The average molecular weight is 356 g/mol. The number of hydrogen-bond acceptors (Lipinski definition) is 7. The minimum absolute atomic E-state index is 0.179. The van der Waals surface area contributed by atoms with Crippen molar-refractivity contribution < 1.29 is 0 Å². The van der Waals surface area contributed by atoms with Crippen LogP contribution in [0, 0.1) is 0 Å². The molecule has 25 heavy (non-hydrogen) atoms. The third-order valence-electron chi connectivity index (χ3n) is 3.75. The number of nitrogens with zero attached hydrogens (tertiary/aromatic N) is 5. The number of hydrogen-bond donors (Lipinski definition) is 1. The molecule has 132 valence electrons. The predicted octanol–water partition coefficient (Wildman–Crippen LogP) is 3.71. The Balaban J connectivity index is 1.76. The lowest BCUT2D eigenvalue weighted by atomic mass is 10.2. The van der Waals surface area contributed by atoms with Gasteiger partial charge >= 0.3 is 0 Å². The molecule has 3 rings (SSSR count). The number of para-hydroxylation sites is 1. The maximum Gasteiger partial charge on any atom is 0.229 e. The van der Waals surface area contributed by atoms with E-state index >= 15 is 0 Å². The Morgan fingerprint density at radius 3 is 2.48 bits per heavy atom. The molecule has 0 amide bonds. The summed E-state index contributed by atoms with van der Waals surface area (Å²) in [6.07, 6.45) is 0.833. The van der Waals surface area contributed by atoms with Gasteiger partial charge in [0.15, 0.2) is 0 Å². The Labute approximate surface area is 152 Å². The summed E-state index contributed by atoms with van der Waals surface area (Å²) >= 11 is 1.74. The van der Waals surface area contributed by atoms with Gasteiger partial charge in [0.2, 0.25) is 11.9 Å². The van der Waals surface area contributed by atoms with Crippen molar-refractivity contribution in [3.8, 4) is 0 Å². The van der Waals surface area contributed by atoms with Crippen molar-refractivity contribution in [1.29, 1.82) is 0 Å². The molecule has 0 saturated heterocycles. The number of fused-ring (bicyclic) bond motifs is 1. The maximum absolute atomic E-state index is 4.70. The van der Waals surface area contributed by atoms with E-state index in [2.05, 4.69) is 53.2 Å². The molecule has 7 heteroatoms. The van der Waals surface area contributed by atoms with Crippen molar-refractivity contribution in [2.45, 2.75) is 39.2 Å². The van der Waals surface area contributed by atoms with E-state index in [9.17, 15) is 0 Å². The SMILES string of the molecule is CC(Cc1nc2ccccc2s1)Nc1nc(C(C)C)nc(N(C)C)n1. The van der Waals surface area contributed by atoms with Crippen LogP contribution in [-0.4, -0.2) is 40.1 Å². The predicted molar refractivity (Wildman–Crippen MR) is 105 cm³/mol. The Morgan fingerprint density at radius 1 is 1.04 bits per heavy atom. The number of anilines is 2. The first-order valence-electron chi connectivity index (χ1n) is 8.46. The zero-order valence-electron chi connectivity index (χ0n) is 15.3. The minimum atomic E-state index is 0.179. The zero-order chi connectivity index (χ0) is 18.0. The van der Waals surface area contributed by atoms with Crippen molar-refractivity contribution in [3.05, 3.63) is 35.1 Å². The summed E-state index contributed by atoms with van der Waals surface area (Å²) in [5.74, 6) is 2.35. The van der Waals surface area contributed by atoms with E-state index in [1.54, 1.807) is 11.3 Å². The summed E-state index contributed by atoms with van der Waals surface area (Å²) in [5, 5.41) is 4.52. The molecule has 0 fully saturated rings. The van der Waals surface area contributed by atoms with Gasteiger partial charge in [-0.05, 0) is 19.1 Å². The second kappa shape index (κ2) is 7.31. The van der Waals surface area contributed by atoms with Gasteiger partial charge < -0.3 is 10.2 Å². The molecule has 0 bridgehead atoms. The number of aromatic nitrogens is 4. The highest BCUT2D eigenvalue weighted by Crippen LogP contribution is 2.23. The fourth-order valence-corrected chi connectivity index (χ4v) is 3.54. The van der Waals surface area contributed by atoms with Crippen molar-refractivity contribution in [2.75, 3.05) is 24.3 Å². The smallest absolute Gasteiger partial charge is 0.229 e. The molecule has 3 aromatic rings. The van der Waals surface area contributed by atoms with E-state index in [0.29, 0.717) is 11.9 Å². The zero-order valence-corrected chi connectivity index (χ0v) is 16.1. The van der Waals surface area contributed by atoms with Crippen LogP contribution in [0.4, 0.5) is 11.9 Å². The number of nitrogens with one attached hydrogen (secondary N) is 1.